The molecule has 1 aliphatic heterocycles. The molecule has 2 aromatic rings. The van der Waals surface area contributed by atoms with Gasteiger partial charge in [0.15, 0.2) is 0 Å². The summed E-state index contributed by atoms with van der Waals surface area (Å²) in [6.07, 6.45) is 3.27. The molecule has 0 aliphatic carbocycles. The minimum Gasteiger partial charge on any atom is -0.497 e. The van der Waals surface area contributed by atoms with E-state index in [0.29, 0.717) is 5.92 Å². The number of methoxy groups -OCH3 is 1. The number of ether oxygens (including phenoxy) is 2. The van der Waals surface area contributed by atoms with E-state index in [2.05, 4.69) is 0 Å². The summed E-state index contributed by atoms with van der Waals surface area (Å²) in [5.74, 6) is 1.58. The highest BCUT2D eigenvalue weighted by atomic mass is 16.5. The number of amides is 1. The predicted molar refractivity (Wildman–Crippen MR) is 104 cm³/mol. The molecular weight excluding hydrogens is 326 g/mol. The third-order valence-corrected chi connectivity index (χ3v) is 5.10. The van der Waals surface area contributed by atoms with Crippen molar-refractivity contribution in [3.05, 3.63) is 54.1 Å². The molecule has 1 amide bonds. The van der Waals surface area contributed by atoms with E-state index in [9.17, 15) is 4.79 Å². The zero-order chi connectivity index (χ0) is 18.4. The van der Waals surface area contributed by atoms with Crippen molar-refractivity contribution < 1.29 is 14.3 Å². The van der Waals surface area contributed by atoms with Gasteiger partial charge < -0.3 is 14.4 Å². The molecule has 1 saturated heterocycles. The molecule has 0 spiro atoms. The Morgan fingerprint density at radius 1 is 1.12 bits per heavy atom. The van der Waals surface area contributed by atoms with Crippen molar-refractivity contribution in [3.63, 3.8) is 0 Å². The van der Waals surface area contributed by atoms with Crippen LogP contribution in [0.1, 0.15) is 29.6 Å². The molecule has 0 radical (unpaired) electrons. The summed E-state index contributed by atoms with van der Waals surface area (Å²) >= 11 is 0. The highest BCUT2D eigenvalue weighted by Crippen LogP contribution is 2.24. The maximum absolute atomic E-state index is 12.6. The SMILES string of the molecule is COc1cccc(-c2ccc(C(=O)N(C)CCC3CCOCC3)cc2)c1. The lowest BCUT2D eigenvalue weighted by molar-refractivity contribution is 0.0583. The van der Waals surface area contributed by atoms with E-state index in [4.69, 9.17) is 9.47 Å². The first-order chi connectivity index (χ1) is 12.7. The fraction of sp³-hybridized carbons (Fsp3) is 0.409. The minimum atomic E-state index is 0.0780. The average molecular weight is 353 g/mol. The zero-order valence-electron chi connectivity index (χ0n) is 15.6. The largest absolute Gasteiger partial charge is 0.497 e. The van der Waals surface area contributed by atoms with Crippen LogP contribution in [-0.4, -0.2) is 44.7 Å². The first-order valence-corrected chi connectivity index (χ1v) is 9.25. The van der Waals surface area contributed by atoms with Gasteiger partial charge in [-0.25, -0.2) is 0 Å². The molecular formula is C22H27NO3. The maximum Gasteiger partial charge on any atom is 0.253 e. The second-order valence-electron chi connectivity index (χ2n) is 6.88. The molecule has 0 saturated carbocycles. The quantitative estimate of drug-likeness (QED) is 0.779. The second kappa shape index (κ2) is 8.86. The molecule has 0 bridgehead atoms. The fourth-order valence-corrected chi connectivity index (χ4v) is 3.34. The molecule has 26 heavy (non-hydrogen) atoms. The van der Waals surface area contributed by atoms with Gasteiger partial charge in [0.1, 0.15) is 5.75 Å². The topological polar surface area (TPSA) is 38.8 Å². The van der Waals surface area contributed by atoms with E-state index in [1.807, 2.05) is 60.5 Å². The van der Waals surface area contributed by atoms with Crippen LogP contribution in [0.25, 0.3) is 11.1 Å². The third kappa shape index (κ3) is 4.64. The van der Waals surface area contributed by atoms with Gasteiger partial charge >= 0.3 is 0 Å². The van der Waals surface area contributed by atoms with Crippen LogP contribution in [-0.2, 0) is 4.74 Å². The van der Waals surface area contributed by atoms with Crippen molar-refractivity contribution in [2.24, 2.45) is 5.92 Å². The molecule has 4 nitrogen and oxygen atoms in total. The van der Waals surface area contributed by atoms with Gasteiger partial charge in [-0.15, -0.1) is 0 Å². The Labute approximate surface area is 155 Å². The molecule has 4 heteroatoms. The van der Waals surface area contributed by atoms with Crippen molar-refractivity contribution in [1.82, 2.24) is 4.90 Å². The predicted octanol–water partition coefficient (Wildman–Crippen LogP) is 4.25. The molecule has 0 aromatic heterocycles. The number of rotatable bonds is 6. The summed E-state index contributed by atoms with van der Waals surface area (Å²) in [5.41, 5.74) is 2.88. The molecule has 0 unspecified atom stereocenters. The Hall–Kier alpha value is -2.33. The summed E-state index contributed by atoms with van der Waals surface area (Å²) in [4.78, 5) is 14.5. The molecule has 3 rings (SSSR count). The van der Waals surface area contributed by atoms with E-state index in [1.165, 1.54) is 0 Å². The van der Waals surface area contributed by atoms with Gasteiger partial charge in [0.2, 0.25) is 0 Å². The van der Waals surface area contributed by atoms with Crippen LogP contribution in [0.2, 0.25) is 0 Å². The third-order valence-electron chi connectivity index (χ3n) is 5.10. The number of carbonyl (C=O) groups is 1. The first kappa shape index (κ1) is 18.5. The average Bonchev–Trinajstić information content (AvgIpc) is 2.72. The van der Waals surface area contributed by atoms with Crippen LogP contribution in [0.3, 0.4) is 0 Å². The van der Waals surface area contributed by atoms with Crippen molar-refractivity contribution in [2.75, 3.05) is 33.9 Å². The normalized spacial score (nSPS) is 14.8. The van der Waals surface area contributed by atoms with Crippen molar-refractivity contribution in [1.29, 1.82) is 0 Å². The first-order valence-electron chi connectivity index (χ1n) is 9.25. The van der Waals surface area contributed by atoms with Crippen LogP contribution in [0.15, 0.2) is 48.5 Å². The monoisotopic (exact) mass is 353 g/mol. The Morgan fingerprint density at radius 2 is 1.85 bits per heavy atom. The van der Waals surface area contributed by atoms with Gasteiger partial charge in [0.25, 0.3) is 5.91 Å². The summed E-state index contributed by atoms with van der Waals surface area (Å²) in [6.45, 7) is 2.50. The Bertz CT molecular complexity index is 720. The van der Waals surface area contributed by atoms with Crippen LogP contribution in [0.4, 0.5) is 0 Å². The number of benzene rings is 2. The standard InChI is InChI=1S/C22H27NO3/c1-23(13-10-17-11-14-26-15-12-17)22(24)19-8-6-18(7-9-19)20-4-3-5-21(16-20)25-2/h3-9,16-17H,10-15H2,1-2H3. The Balaban J connectivity index is 1.60. The smallest absolute Gasteiger partial charge is 0.253 e. The van der Waals surface area contributed by atoms with Gasteiger partial charge in [-0.1, -0.05) is 24.3 Å². The van der Waals surface area contributed by atoms with E-state index in [1.54, 1.807) is 7.11 Å². The number of nitrogens with zero attached hydrogens (tertiary/aromatic N) is 1. The van der Waals surface area contributed by atoms with Crippen LogP contribution >= 0.6 is 0 Å². The second-order valence-corrected chi connectivity index (χ2v) is 6.88. The lowest BCUT2D eigenvalue weighted by Gasteiger charge is -2.25. The van der Waals surface area contributed by atoms with Crippen LogP contribution < -0.4 is 4.74 Å². The molecule has 1 aliphatic rings. The summed E-state index contributed by atoms with van der Waals surface area (Å²) < 4.78 is 10.7. The van der Waals surface area contributed by atoms with Gasteiger partial charge in [-0.3, -0.25) is 4.79 Å². The maximum atomic E-state index is 12.6. The van der Waals surface area contributed by atoms with Gasteiger partial charge in [-0.2, -0.15) is 0 Å². The van der Waals surface area contributed by atoms with Crippen LogP contribution in [0, 0.1) is 5.92 Å². The van der Waals surface area contributed by atoms with E-state index in [-0.39, 0.29) is 5.91 Å². The molecule has 1 heterocycles. The van der Waals surface area contributed by atoms with E-state index in [0.717, 1.165) is 61.5 Å². The lowest BCUT2D eigenvalue weighted by Crippen LogP contribution is -2.30. The lowest BCUT2D eigenvalue weighted by atomic mass is 9.96. The van der Waals surface area contributed by atoms with Gasteiger partial charge in [0, 0.05) is 32.4 Å². The van der Waals surface area contributed by atoms with E-state index >= 15 is 0 Å². The molecule has 2 aromatic carbocycles. The Kier molecular flexibility index (Phi) is 6.29. The van der Waals surface area contributed by atoms with E-state index < -0.39 is 0 Å². The highest BCUT2D eigenvalue weighted by molar-refractivity contribution is 5.94. The van der Waals surface area contributed by atoms with Gasteiger partial charge in [0.05, 0.1) is 7.11 Å². The van der Waals surface area contributed by atoms with Crippen molar-refractivity contribution in [2.45, 2.75) is 19.3 Å². The molecule has 138 valence electrons. The summed E-state index contributed by atoms with van der Waals surface area (Å²) in [6, 6.07) is 15.7. The number of hydrogen-bond acceptors (Lipinski definition) is 3. The molecule has 0 N–H and O–H groups in total. The Morgan fingerprint density at radius 3 is 2.54 bits per heavy atom. The molecule has 0 atom stereocenters. The minimum absolute atomic E-state index is 0.0780. The van der Waals surface area contributed by atoms with Crippen molar-refractivity contribution in [3.8, 4) is 16.9 Å². The van der Waals surface area contributed by atoms with Gasteiger partial charge in [-0.05, 0) is 60.6 Å². The summed E-state index contributed by atoms with van der Waals surface area (Å²) in [5, 5.41) is 0. The van der Waals surface area contributed by atoms with Crippen molar-refractivity contribution >= 4 is 5.91 Å². The summed E-state index contributed by atoms with van der Waals surface area (Å²) in [7, 11) is 3.55. The zero-order valence-corrected chi connectivity index (χ0v) is 15.6. The molecule has 1 fully saturated rings. The fourth-order valence-electron chi connectivity index (χ4n) is 3.34. The van der Waals surface area contributed by atoms with Crippen LogP contribution in [0.5, 0.6) is 5.75 Å². The highest BCUT2D eigenvalue weighted by Gasteiger charge is 2.17. The number of carbonyl (C=O) groups excluding carboxylic acids is 1. The number of hydrogen-bond donors (Lipinski definition) is 0.